The van der Waals surface area contributed by atoms with Gasteiger partial charge in [-0.25, -0.2) is 8.78 Å². The van der Waals surface area contributed by atoms with Crippen LogP contribution >= 0.6 is 0 Å². The molecule has 0 aliphatic carbocycles. The van der Waals surface area contributed by atoms with Crippen LogP contribution in [0.5, 0.6) is 0 Å². The third-order valence-electron chi connectivity index (χ3n) is 1.58. The van der Waals surface area contributed by atoms with Crippen LogP contribution in [0.25, 0.3) is 6.08 Å². The van der Waals surface area contributed by atoms with Crippen LogP contribution in [0.15, 0.2) is 30.3 Å². The van der Waals surface area contributed by atoms with Gasteiger partial charge in [-0.2, -0.15) is 0 Å². The minimum atomic E-state index is -2.44. The lowest BCUT2D eigenvalue weighted by Crippen LogP contribution is -1.84. The predicted octanol–water partition coefficient (Wildman–Crippen LogP) is 2.63. The third kappa shape index (κ3) is 2.95. The molecule has 0 spiro atoms. The Hall–Kier alpha value is -1.22. The van der Waals surface area contributed by atoms with Crippen molar-refractivity contribution in [3.8, 4) is 0 Å². The van der Waals surface area contributed by atoms with E-state index in [0.717, 1.165) is 0 Å². The van der Waals surface area contributed by atoms with E-state index in [2.05, 4.69) is 0 Å². The smallest absolute Gasteiger partial charge is 0.263 e. The van der Waals surface area contributed by atoms with E-state index >= 15 is 0 Å². The van der Waals surface area contributed by atoms with Crippen LogP contribution in [0, 0.1) is 0 Å². The molecule has 1 rings (SSSR count). The fourth-order valence-electron chi connectivity index (χ4n) is 0.987. The normalized spacial score (nSPS) is 11.4. The van der Waals surface area contributed by atoms with Gasteiger partial charge in [0.25, 0.3) is 6.43 Å². The molecule has 0 unspecified atom stereocenters. The van der Waals surface area contributed by atoms with E-state index in [1.165, 1.54) is 18.2 Å². The van der Waals surface area contributed by atoms with Gasteiger partial charge in [0.2, 0.25) is 0 Å². The molecule has 0 saturated heterocycles. The highest BCUT2D eigenvalue weighted by Crippen LogP contribution is 2.19. The molecular formula is C10H10F2O. The quantitative estimate of drug-likeness (QED) is 0.765. The second-order valence-electron chi connectivity index (χ2n) is 2.56. The van der Waals surface area contributed by atoms with Gasteiger partial charge in [0.1, 0.15) is 0 Å². The van der Waals surface area contributed by atoms with Crippen molar-refractivity contribution in [1.29, 1.82) is 0 Å². The number of rotatable bonds is 3. The zero-order chi connectivity index (χ0) is 9.68. The summed E-state index contributed by atoms with van der Waals surface area (Å²) < 4.78 is 24.4. The molecule has 0 heterocycles. The van der Waals surface area contributed by atoms with Gasteiger partial charge in [0.15, 0.2) is 0 Å². The number of hydrogen-bond donors (Lipinski definition) is 1. The Labute approximate surface area is 75.3 Å². The van der Waals surface area contributed by atoms with Crippen LogP contribution in [0.2, 0.25) is 0 Å². The Kier molecular flexibility index (Phi) is 3.58. The first-order valence-corrected chi connectivity index (χ1v) is 3.89. The highest BCUT2D eigenvalue weighted by molar-refractivity contribution is 5.50. The van der Waals surface area contributed by atoms with Crippen molar-refractivity contribution < 1.29 is 13.9 Å². The molecule has 0 amide bonds. The molecule has 1 aromatic rings. The number of benzene rings is 1. The Balaban J connectivity index is 2.85. The van der Waals surface area contributed by atoms with E-state index in [9.17, 15) is 8.78 Å². The van der Waals surface area contributed by atoms with Crippen molar-refractivity contribution in [3.05, 3.63) is 41.5 Å². The lowest BCUT2D eigenvalue weighted by atomic mass is 10.1. The molecule has 1 N–H and O–H groups in total. The van der Waals surface area contributed by atoms with Crippen molar-refractivity contribution in [2.75, 3.05) is 6.61 Å². The van der Waals surface area contributed by atoms with Crippen molar-refractivity contribution >= 4 is 6.08 Å². The lowest BCUT2D eigenvalue weighted by molar-refractivity contribution is 0.151. The van der Waals surface area contributed by atoms with Crippen molar-refractivity contribution in [1.82, 2.24) is 0 Å². The minimum absolute atomic E-state index is 0.0000831. The summed E-state index contributed by atoms with van der Waals surface area (Å²) in [4.78, 5) is 0. The first-order chi connectivity index (χ1) is 6.24. The van der Waals surface area contributed by atoms with E-state index in [1.54, 1.807) is 18.2 Å². The van der Waals surface area contributed by atoms with Gasteiger partial charge >= 0.3 is 0 Å². The molecule has 70 valence electrons. The largest absolute Gasteiger partial charge is 0.392 e. The Morgan fingerprint density at radius 3 is 2.77 bits per heavy atom. The van der Waals surface area contributed by atoms with E-state index in [1.807, 2.05) is 0 Å². The summed E-state index contributed by atoms with van der Waals surface area (Å²) >= 11 is 0. The molecule has 0 aliphatic rings. The first kappa shape index (κ1) is 9.86. The van der Waals surface area contributed by atoms with Crippen LogP contribution in [0.3, 0.4) is 0 Å². The Morgan fingerprint density at radius 2 is 2.15 bits per heavy atom. The summed E-state index contributed by atoms with van der Waals surface area (Å²) in [5.41, 5.74) is 0.673. The average Bonchev–Trinajstić information content (AvgIpc) is 2.15. The summed E-state index contributed by atoms with van der Waals surface area (Å²) in [7, 11) is 0. The minimum Gasteiger partial charge on any atom is -0.392 e. The molecule has 1 nitrogen and oxygen atoms in total. The van der Waals surface area contributed by atoms with Gasteiger partial charge in [-0.05, 0) is 11.6 Å². The topological polar surface area (TPSA) is 20.2 Å². The predicted molar refractivity (Wildman–Crippen MR) is 47.5 cm³/mol. The van der Waals surface area contributed by atoms with Gasteiger partial charge in [-0.15, -0.1) is 0 Å². The maximum atomic E-state index is 12.2. The zero-order valence-electron chi connectivity index (χ0n) is 6.95. The standard InChI is InChI=1S/C10H10F2O/c11-10(12)9-5-1-3-8(7-9)4-2-6-13/h1-5,7,10,13H,6H2/b4-2+. The summed E-state index contributed by atoms with van der Waals surface area (Å²) in [6.07, 6.45) is 0.665. The van der Waals surface area contributed by atoms with Gasteiger partial charge in [0, 0.05) is 5.56 Å². The van der Waals surface area contributed by atoms with Crippen LogP contribution in [0.1, 0.15) is 17.6 Å². The summed E-state index contributed by atoms with van der Waals surface area (Å²) in [6, 6.07) is 6.05. The fourth-order valence-corrected chi connectivity index (χ4v) is 0.987. The van der Waals surface area contributed by atoms with Crippen LogP contribution in [-0.4, -0.2) is 11.7 Å². The Bertz CT molecular complexity index is 295. The lowest BCUT2D eigenvalue weighted by Gasteiger charge is -1.99. The third-order valence-corrected chi connectivity index (χ3v) is 1.58. The van der Waals surface area contributed by atoms with Crippen molar-refractivity contribution in [2.45, 2.75) is 6.43 Å². The zero-order valence-corrected chi connectivity index (χ0v) is 6.95. The number of aliphatic hydroxyl groups excluding tert-OH is 1. The maximum absolute atomic E-state index is 12.2. The van der Waals surface area contributed by atoms with Gasteiger partial charge in [-0.1, -0.05) is 30.4 Å². The molecule has 0 bridgehead atoms. The number of halogens is 2. The molecule has 0 aromatic heterocycles. The number of alkyl halides is 2. The highest BCUT2D eigenvalue weighted by Gasteiger charge is 2.05. The van der Waals surface area contributed by atoms with Crippen LogP contribution in [-0.2, 0) is 0 Å². The number of hydrogen-bond acceptors (Lipinski definition) is 1. The maximum Gasteiger partial charge on any atom is 0.263 e. The highest BCUT2D eigenvalue weighted by atomic mass is 19.3. The summed E-state index contributed by atoms with van der Waals surface area (Å²) in [5.74, 6) is 0. The molecule has 0 radical (unpaired) electrons. The number of aliphatic hydroxyl groups is 1. The molecule has 13 heavy (non-hydrogen) atoms. The molecule has 0 fully saturated rings. The van der Waals surface area contributed by atoms with Gasteiger partial charge in [0.05, 0.1) is 6.61 Å². The average molecular weight is 184 g/mol. The van der Waals surface area contributed by atoms with Gasteiger partial charge < -0.3 is 5.11 Å². The van der Waals surface area contributed by atoms with Gasteiger partial charge in [-0.3, -0.25) is 0 Å². The second-order valence-corrected chi connectivity index (χ2v) is 2.56. The van der Waals surface area contributed by atoms with E-state index < -0.39 is 6.43 Å². The monoisotopic (exact) mass is 184 g/mol. The summed E-state index contributed by atoms with van der Waals surface area (Å²) in [5, 5.41) is 8.47. The fraction of sp³-hybridized carbons (Fsp3) is 0.200. The molecule has 0 atom stereocenters. The second kappa shape index (κ2) is 4.72. The van der Waals surface area contributed by atoms with E-state index in [0.29, 0.717) is 5.56 Å². The van der Waals surface area contributed by atoms with Crippen LogP contribution in [0.4, 0.5) is 8.78 Å². The first-order valence-electron chi connectivity index (χ1n) is 3.89. The molecule has 1 aromatic carbocycles. The van der Waals surface area contributed by atoms with E-state index in [4.69, 9.17) is 5.11 Å². The van der Waals surface area contributed by atoms with Crippen molar-refractivity contribution in [3.63, 3.8) is 0 Å². The SMILES string of the molecule is OC/C=C/c1cccc(C(F)F)c1. The van der Waals surface area contributed by atoms with Crippen LogP contribution < -0.4 is 0 Å². The van der Waals surface area contributed by atoms with Crippen molar-refractivity contribution in [2.24, 2.45) is 0 Å². The Morgan fingerprint density at radius 1 is 1.38 bits per heavy atom. The molecule has 0 aliphatic heterocycles. The summed E-state index contributed by atoms with van der Waals surface area (Å²) in [6.45, 7) is -0.0844. The molecule has 3 heteroatoms. The molecular weight excluding hydrogens is 174 g/mol. The molecule has 0 saturated carbocycles. The van der Waals surface area contributed by atoms with E-state index in [-0.39, 0.29) is 12.2 Å².